The van der Waals surface area contributed by atoms with Crippen LogP contribution < -0.4 is 5.73 Å². The van der Waals surface area contributed by atoms with Gasteiger partial charge in [-0.25, -0.2) is 0 Å². The minimum Gasteiger partial charge on any atom is -0.326 e. The van der Waals surface area contributed by atoms with Gasteiger partial charge in [-0.3, -0.25) is 15.0 Å². The molecule has 0 radical (unpaired) electrons. The highest BCUT2D eigenvalue weighted by Crippen LogP contribution is 2.11. The van der Waals surface area contributed by atoms with Crippen molar-refractivity contribution in [3.63, 3.8) is 0 Å². The molecule has 0 atom stereocenters. The molecule has 0 amide bonds. The largest absolute Gasteiger partial charge is 0.326 e. The van der Waals surface area contributed by atoms with Crippen LogP contribution in [0.15, 0.2) is 36.9 Å². The van der Waals surface area contributed by atoms with Crippen LogP contribution in [0.2, 0.25) is 0 Å². The van der Waals surface area contributed by atoms with E-state index in [2.05, 4.69) is 15.0 Å². The van der Waals surface area contributed by atoms with Gasteiger partial charge in [0, 0.05) is 25.1 Å². The lowest BCUT2D eigenvalue weighted by Gasteiger charge is -1.99. The van der Waals surface area contributed by atoms with Crippen molar-refractivity contribution in [2.45, 2.75) is 6.54 Å². The maximum atomic E-state index is 5.47. The zero-order chi connectivity index (χ0) is 9.80. The molecule has 0 spiro atoms. The van der Waals surface area contributed by atoms with Gasteiger partial charge in [0.2, 0.25) is 0 Å². The molecule has 0 fully saturated rings. The van der Waals surface area contributed by atoms with Crippen LogP contribution >= 0.6 is 0 Å². The molecule has 0 aliphatic heterocycles. The molecule has 0 aliphatic rings. The zero-order valence-electron chi connectivity index (χ0n) is 7.59. The van der Waals surface area contributed by atoms with Crippen LogP contribution in [0.4, 0.5) is 0 Å². The first-order valence-corrected chi connectivity index (χ1v) is 4.31. The molecule has 2 rings (SSSR count). The number of hydrogen-bond acceptors (Lipinski definition) is 4. The van der Waals surface area contributed by atoms with Crippen molar-refractivity contribution in [3.8, 4) is 11.4 Å². The Hall–Kier alpha value is -1.81. The summed E-state index contributed by atoms with van der Waals surface area (Å²) < 4.78 is 0. The molecular weight excluding hydrogens is 176 g/mol. The molecule has 0 saturated carbocycles. The quantitative estimate of drug-likeness (QED) is 0.759. The molecular formula is C10H10N4. The maximum Gasteiger partial charge on any atom is 0.107 e. The minimum absolute atomic E-state index is 0.508. The van der Waals surface area contributed by atoms with Gasteiger partial charge in [-0.1, -0.05) is 6.07 Å². The summed E-state index contributed by atoms with van der Waals surface area (Å²) in [5.74, 6) is 0. The summed E-state index contributed by atoms with van der Waals surface area (Å²) in [5.41, 5.74) is 8.07. The van der Waals surface area contributed by atoms with E-state index < -0.39 is 0 Å². The third kappa shape index (κ3) is 1.75. The van der Waals surface area contributed by atoms with Gasteiger partial charge in [-0.15, -0.1) is 0 Å². The fourth-order valence-corrected chi connectivity index (χ4v) is 1.13. The molecule has 0 saturated heterocycles. The first-order chi connectivity index (χ1) is 6.90. The fraction of sp³-hybridized carbons (Fsp3) is 0.100. The van der Waals surface area contributed by atoms with Crippen molar-refractivity contribution in [3.05, 3.63) is 42.5 Å². The van der Waals surface area contributed by atoms with Crippen molar-refractivity contribution in [1.29, 1.82) is 0 Å². The summed E-state index contributed by atoms with van der Waals surface area (Å²) in [7, 11) is 0. The number of aromatic nitrogens is 3. The fourth-order valence-electron chi connectivity index (χ4n) is 1.13. The average Bonchev–Trinajstić information content (AvgIpc) is 2.30. The molecule has 2 aromatic rings. The molecule has 0 aromatic carbocycles. The first-order valence-electron chi connectivity index (χ1n) is 4.31. The first kappa shape index (κ1) is 8.77. The lowest BCUT2D eigenvalue weighted by molar-refractivity contribution is 1.05. The van der Waals surface area contributed by atoms with Crippen LogP contribution in [0.25, 0.3) is 11.4 Å². The normalized spacial score (nSPS) is 10.1. The third-order valence-corrected chi connectivity index (χ3v) is 1.89. The smallest absolute Gasteiger partial charge is 0.107 e. The van der Waals surface area contributed by atoms with Crippen molar-refractivity contribution in [2.24, 2.45) is 5.73 Å². The molecule has 0 bridgehead atoms. The molecule has 2 N–H and O–H groups in total. The average molecular weight is 186 g/mol. The molecule has 70 valence electrons. The summed E-state index contributed by atoms with van der Waals surface area (Å²) in [6.07, 6.45) is 6.72. The highest BCUT2D eigenvalue weighted by Gasteiger charge is 1.99. The van der Waals surface area contributed by atoms with Gasteiger partial charge in [-0.2, -0.15) is 0 Å². The van der Waals surface area contributed by atoms with Crippen molar-refractivity contribution < 1.29 is 0 Å². The third-order valence-electron chi connectivity index (χ3n) is 1.89. The monoisotopic (exact) mass is 186 g/mol. The van der Waals surface area contributed by atoms with Crippen LogP contribution in [0.1, 0.15) is 5.56 Å². The SMILES string of the molecule is NCc1ccc(-c2cnccn2)nc1. The zero-order valence-corrected chi connectivity index (χ0v) is 7.59. The highest BCUT2D eigenvalue weighted by atomic mass is 14.8. The minimum atomic E-state index is 0.508. The Kier molecular flexibility index (Phi) is 2.46. The summed E-state index contributed by atoms with van der Waals surface area (Å²) >= 11 is 0. The molecule has 14 heavy (non-hydrogen) atoms. The standard InChI is InChI=1S/C10H10N4/c11-5-8-1-2-9(14-6-8)10-7-12-3-4-13-10/h1-4,6-7H,5,11H2. The lowest BCUT2D eigenvalue weighted by Crippen LogP contribution is -1.97. The Morgan fingerprint density at radius 2 is 1.93 bits per heavy atom. The van der Waals surface area contributed by atoms with Crippen molar-refractivity contribution >= 4 is 0 Å². The molecule has 0 aliphatic carbocycles. The predicted molar refractivity (Wildman–Crippen MR) is 53.2 cm³/mol. The lowest BCUT2D eigenvalue weighted by atomic mass is 10.2. The van der Waals surface area contributed by atoms with E-state index in [0.29, 0.717) is 6.54 Å². The van der Waals surface area contributed by atoms with E-state index in [4.69, 9.17) is 5.73 Å². The number of nitrogens with two attached hydrogens (primary N) is 1. The second-order valence-corrected chi connectivity index (χ2v) is 2.85. The Morgan fingerprint density at radius 3 is 2.50 bits per heavy atom. The summed E-state index contributed by atoms with van der Waals surface area (Å²) in [5, 5.41) is 0. The number of hydrogen-bond donors (Lipinski definition) is 1. The van der Waals surface area contributed by atoms with Crippen molar-refractivity contribution in [2.75, 3.05) is 0 Å². The van der Waals surface area contributed by atoms with Gasteiger partial charge in [0.05, 0.1) is 11.9 Å². The van der Waals surface area contributed by atoms with Gasteiger partial charge < -0.3 is 5.73 Å². The molecule has 2 heterocycles. The molecule has 4 heteroatoms. The predicted octanol–water partition coefficient (Wildman–Crippen LogP) is 0.997. The maximum absolute atomic E-state index is 5.47. The number of nitrogens with zero attached hydrogens (tertiary/aromatic N) is 3. The second-order valence-electron chi connectivity index (χ2n) is 2.85. The Labute approximate surface area is 81.9 Å². The van der Waals surface area contributed by atoms with Crippen molar-refractivity contribution in [1.82, 2.24) is 15.0 Å². The Morgan fingerprint density at radius 1 is 1.00 bits per heavy atom. The van der Waals surface area contributed by atoms with Gasteiger partial charge in [0.1, 0.15) is 5.69 Å². The van der Waals surface area contributed by atoms with E-state index in [0.717, 1.165) is 17.0 Å². The van der Waals surface area contributed by atoms with E-state index in [1.54, 1.807) is 24.8 Å². The molecule has 0 unspecified atom stereocenters. The highest BCUT2D eigenvalue weighted by molar-refractivity contribution is 5.52. The summed E-state index contributed by atoms with van der Waals surface area (Å²) in [4.78, 5) is 12.4. The topological polar surface area (TPSA) is 64.7 Å². The number of pyridine rings is 1. The van der Waals surface area contributed by atoms with Crippen LogP contribution in [0, 0.1) is 0 Å². The van der Waals surface area contributed by atoms with Crippen LogP contribution in [-0.2, 0) is 6.54 Å². The summed E-state index contributed by atoms with van der Waals surface area (Å²) in [6.45, 7) is 0.508. The Bertz CT molecular complexity index is 396. The van der Waals surface area contributed by atoms with Gasteiger partial charge in [0.15, 0.2) is 0 Å². The second kappa shape index (κ2) is 3.93. The molecule has 4 nitrogen and oxygen atoms in total. The number of rotatable bonds is 2. The van der Waals surface area contributed by atoms with E-state index >= 15 is 0 Å². The van der Waals surface area contributed by atoms with Gasteiger partial charge >= 0.3 is 0 Å². The van der Waals surface area contributed by atoms with Gasteiger partial charge in [-0.05, 0) is 11.6 Å². The van der Waals surface area contributed by atoms with E-state index in [9.17, 15) is 0 Å². The van der Waals surface area contributed by atoms with E-state index in [1.165, 1.54) is 0 Å². The van der Waals surface area contributed by atoms with E-state index in [-0.39, 0.29) is 0 Å². The van der Waals surface area contributed by atoms with Gasteiger partial charge in [0.25, 0.3) is 0 Å². The van der Waals surface area contributed by atoms with Crippen LogP contribution in [0.3, 0.4) is 0 Å². The Balaban J connectivity index is 2.34. The summed E-state index contributed by atoms with van der Waals surface area (Å²) in [6, 6.07) is 3.84. The van der Waals surface area contributed by atoms with E-state index in [1.807, 2.05) is 12.1 Å². The molecule has 2 aromatic heterocycles. The van der Waals surface area contributed by atoms with Crippen LogP contribution in [-0.4, -0.2) is 15.0 Å². The van der Waals surface area contributed by atoms with Crippen LogP contribution in [0.5, 0.6) is 0 Å².